The number of hydrogen-bond acceptors (Lipinski definition) is 1. The first-order chi connectivity index (χ1) is 6.74. The molecule has 0 unspecified atom stereocenters. The van der Waals surface area contributed by atoms with Gasteiger partial charge in [0.2, 0.25) is 0 Å². The summed E-state index contributed by atoms with van der Waals surface area (Å²) in [6.45, 7) is 11.7. The molecule has 0 aromatic carbocycles. The Bertz CT molecular complexity index is 210. The molecule has 90 valence electrons. The van der Waals surface area contributed by atoms with Crippen LogP contribution in [0.25, 0.3) is 0 Å². The largest absolute Gasteiger partial charge is 0.413 e. The van der Waals surface area contributed by atoms with E-state index < -0.39 is 8.32 Å². The third-order valence-electron chi connectivity index (χ3n) is 3.87. The zero-order chi connectivity index (χ0) is 11.7. The lowest BCUT2D eigenvalue weighted by molar-refractivity contribution is 0.149. The van der Waals surface area contributed by atoms with Gasteiger partial charge in [0.25, 0.3) is 0 Å². The van der Waals surface area contributed by atoms with Gasteiger partial charge in [-0.15, -0.1) is 0 Å². The normalized spacial score (nSPS) is 29.2. The van der Waals surface area contributed by atoms with Crippen molar-refractivity contribution >= 4 is 30.9 Å². The van der Waals surface area contributed by atoms with Crippen molar-refractivity contribution in [3.63, 3.8) is 0 Å². The summed E-state index contributed by atoms with van der Waals surface area (Å²) < 4.78 is 7.23. The van der Waals surface area contributed by atoms with Crippen LogP contribution in [0.5, 0.6) is 0 Å². The fraction of sp³-hybridized carbons (Fsp3) is 1.00. The Balaban J connectivity index is 2.59. The molecule has 15 heavy (non-hydrogen) atoms. The molecule has 0 N–H and O–H groups in total. The summed E-state index contributed by atoms with van der Waals surface area (Å²) in [5, 5.41) is 0.348. The molecule has 3 heteroatoms. The molecule has 0 amide bonds. The first-order valence-corrected chi connectivity index (χ1v) is 10.2. The van der Waals surface area contributed by atoms with E-state index in [1.165, 1.54) is 25.7 Å². The van der Waals surface area contributed by atoms with Gasteiger partial charge < -0.3 is 4.43 Å². The monoisotopic (exact) mass is 340 g/mol. The standard InChI is InChI=1S/C12H25IOSi/c1-12(2,3)15(4,5)14-11-9-7-6-8-10(11)13/h10-11H,6-9H2,1-5H3/t10-,11-/m1/s1. The van der Waals surface area contributed by atoms with Crippen molar-refractivity contribution in [2.75, 3.05) is 0 Å². The highest BCUT2D eigenvalue weighted by Gasteiger charge is 2.40. The first kappa shape index (κ1) is 14.0. The molecule has 0 aliphatic heterocycles. The Morgan fingerprint density at radius 1 is 1.13 bits per heavy atom. The molecule has 1 rings (SSSR count). The molecular formula is C12H25IOSi. The molecule has 1 nitrogen and oxygen atoms in total. The lowest BCUT2D eigenvalue weighted by atomic mass is 9.98. The topological polar surface area (TPSA) is 9.23 Å². The van der Waals surface area contributed by atoms with E-state index >= 15 is 0 Å². The Labute approximate surface area is 110 Å². The van der Waals surface area contributed by atoms with Gasteiger partial charge in [-0.05, 0) is 31.0 Å². The van der Waals surface area contributed by atoms with Crippen LogP contribution in [-0.4, -0.2) is 18.3 Å². The average molecular weight is 340 g/mol. The molecule has 0 aromatic rings. The van der Waals surface area contributed by atoms with E-state index in [1.54, 1.807) is 0 Å². The van der Waals surface area contributed by atoms with Gasteiger partial charge in [-0.2, -0.15) is 0 Å². The summed E-state index contributed by atoms with van der Waals surface area (Å²) in [6, 6.07) is 0. The number of rotatable bonds is 2. The van der Waals surface area contributed by atoms with Crippen molar-refractivity contribution in [3.8, 4) is 0 Å². The number of alkyl halides is 1. The van der Waals surface area contributed by atoms with E-state index in [0.717, 1.165) is 3.92 Å². The second kappa shape index (κ2) is 5.04. The van der Waals surface area contributed by atoms with Gasteiger partial charge in [-0.3, -0.25) is 0 Å². The van der Waals surface area contributed by atoms with Crippen molar-refractivity contribution in [1.29, 1.82) is 0 Å². The van der Waals surface area contributed by atoms with E-state index in [-0.39, 0.29) is 0 Å². The van der Waals surface area contributed by atoms with Gasteiger partial charge in [0.1, 0.15) is 0 Å². The molecule has 1 aliphatic carbocycles. The molecular weight excluding hydrogens is 315 g/mol. The molecule has 1 saturated carbocycles. The lowest BCUT2D eigenvalue weighted by Crippen LogP contribution is -2.46. The highest BCUT2D eigenvalue weighted by Crippen LogP contribution is 2.40. The SMILES string of the molecule is CC(C)(C)[Si](C)(C)O[C@@H]1CCCC[C@H]1I. The maximum absolute atomic E-state index is 6.49. The number of halogens is 1. The predicted molar refractivity (Wildman–Crippen MR) is 78.3 cm³/mol. The van der Waals surface area contributed by atoms with E-state index in [4.69, 9.17) is 4.43 Å². The fourth-order valence-corrected chi connectivity index (χ4v) is 4.36. The molecule has 0 spiro atoms. The maximum Gasteiger partial charge on any atom is 0.192 e. The Morgan fingerprint density at radius 3 is 2.13 bits per heavy atom. The minimum absolute atomic E-state index is 0.348. The van der Waals surface area contributed by atoms with Crippen LogP contribution < -0.4 is 0 Å². The van der Waals surface area contributed by atoms with Crippen molar-refractivity contribution in [2.24, 2.45) is 0 Å². The summed E-state index contributed by atoms with van der Waals surface area (Å²) in [4.78, 5) is 0. The summed E-state index contributed by atoms with van der Waals surface area (Å²) in [7, 11) is -1.54. The highest BCUT2D eigenvalue weighted by atomic mass is 127. The van der Waals surface area contributed by atoms with Crippen molar-refractivity contribution in [1.82, 2.24) is 0 Å². The summed E-state index contributed by atoms with van der Waals surface area (Å²) >= 11 is 2.58. The molecule has 0 heterocycles. The molecule has 0 saturated heterocycles. The highest BCUT2D eigenvalue weighted by molar-refractivity contribution is 14.1. The number of hydrogen-bond donors (Lipinski definition) is 0. The van der Waals surface area contributed by atoms with Crippen LogP contribution in [0.3, 0.4) is 0 Å². The van der Waals surface area contributed by atoms with Gasteiger partial charge in [0.05, 0.1) is 6.10 Å². The Hall–Kier alpha value is 0.907. The van der Waals surface area contributed by atoms with E-state index in [1.807, 2.05) is 0 Å². The average Bonchev–Trinajstić information content (AvgIpc) is 2.06. The van der Waals surface area contributed by atoms with Crippen LogP contribution in [0.2, 0.25) is 18.1 Å². The molecule has 0 bridgehead atoms. The predicted octanol–water partition coefficient (Wildman–Crippen LogP) is 4.75. The Morgan fingerprint density at radius 2 is 1.67 bits per heavy atom. The molecule has 2 atom stereocenters. The van der Waals surface area contributed by atoms with Gasteiger partial charge >= 0.3 is 0 Å². The molecule has 1 aliphatic rings. The second-order valence-electron chi connectivity index (χ2n) is 6.22. The summed E-state index contributed by atoms with van der Waals surface area (Å²) in [5.74, 6) is 0. The minimum Gasteiger partial charge on any atom is -0.413 e. The van der Waals surface area contributed by atoms with Crippen LogP contribution in [-0.2, 0) is 4.43 Å². The van der Waals surface area contributed by atoms with E-state index in [2.05, 4.69) is 56.5 Å². The van der Waals surface area contributed by atoms with Gasteiger partial charge in [0, 0.05) is 3.92 Å². The third kappa shape index (κ3) is 3.70. The van der Waals surface area contributed by atoms with Crippen LogP contribution >= 0.6 is 22.6 Å². The molecule has 0 aromatic heterocycles. The van der Waals surface area contributed by atoms with E-state index in [0.29, 0.717) is 11.1 Å². The Kier molecular flexibility index (Phi) is 4.70. The van der Waals surface area contributed by atoms with Gasteiger partial charge in [-0.1, -0.05) is 56.2 Å². The third-order valence-corrected chi connectivity index (χ3v) is 9.80. The van der Waals surface area contributed by atoms with Crippen molar-refractivity contribution in [2.45, 2.75) is 74.6 Å². The lowest BCUT2D eigenvalue weighted by Gasteiger charge is -2.41. The first-order valence-electron chi connectivity index (χ1n) is 6.06. The van der Waals surface area contributed by atoms with E-state index in [9.17, 15) is 0 Å². The summed E-state index contributed by atoms with van der Waals surface area (Å²) in [5.41, 5.74) is 0. The second-order valence-corrected chi connectivity index (χ2v) is 12.6. The van der Waals surface area contributed by atoms with Gasteiger partial charge in [-0.25, -0.2) is 0 Å². The van der Waals surface area contributed by atoms with Crippen molar-refractivity contribution in [3.05, 3.63) is 0 Å². The van der Waals surface area contributed by atoms with Gasteiger partial charge in [0.15, 0.2) is 8.32 Å². The maximum atomic E-state index is 6.49. The smallest absolute Gasteiger partial charge is 0.192 e. The van der Waals surface area contributed by atoms with Crippen LogP contribution in [0, 0.1) is 0 Å². The minimum atomic E-state index is -1.54. The summed E-state index contributed by atoms with van der Waals surface area (Å²) in [6.07, 6.45) is 5.91. The fourth-order valence-electron chi connectivity index (χ4n) is 1.74. The van der Waals surface area contributed by atoms with Crippen LogP contribution in [0.4, 0.5) is 0 Å². The van der Waals surface area contributed by atoms with Crippen molar-refractivity contribution < 1.29 is 4.43 Å². The van der Waals surface area contributed by atoms with Crippen LogP contribution in [0.15, 0.2) is 0 Å². The quantitative estimate of drug-likeness (QED) is 0.400. The molecule has 0 radical (unpaired) electrons. The zero-order valence-corrected chi connectivity index (χ0v) is 13.9. The zero-order valence-electron chi connectivity index (χ0n) is 10.8. The van der Waals surface area contributed by atoms with Crippen LogP contribution in [0.1, 0.15) is 46.5 Å². The molecule has 1 fully saturated rings.